The number of likely N-dealkylation sites (tertiary alicyclic amines) is 1. The van der Waals surface area contributed by atoms with Crippen LogP contribution in [-0.4, -0.2) is 43.0 Å². The van der Waals surface area contributed by atoms with E-state index >= 15 is 0 Å². The fourth-order valence-corrected chi connectivity index (χ4v) is 2.93. The Morgan fingerprint density at radius 3 is 2.50 bits per heavy atom. The van der Waals surface area contributed by atoms with Crippen LogP contribution in [-0.2, 0) is 0 Å². The third kappa shape index (κ3) is 4.25. The summed E-state index contributed by atoms with van der Waals surface area (Å²) < 4.78 is 24.8. The standard InChI is InChI=1S/C16H24F2N2/c1-12(2)20-10-14(13-6-4-3-5-7-13)8-15(11-20)19-9-16(17)18/h3-7,12,14-16,19H,8-11H2,1-2H3. The molecule has 1 aromatic carbocycles. The average molecular weight is 282 g/mol. The molecule has 0 radical (unpaired) electrons. The van der Waals surface area contributed by atoms with E-state index in [1.54, 1.807) is 0 Å². The zero-order valence-corrected chi connectivity index (χ0v) is 12.2. The van der Waals surface area contributed by atoms with E-state index in [0.717, 1.165) is 19.5 Å². The molecule has 0 spiro atoms. The minimum atomic E-state index is -2.28. The van der Waals surface area contributed by atoms with Crippen molar-refractivity contribution >= 4 is 0 Å². The first kappa shape index (κ1) is 15.4. The predicted molar refractivity (Wildman–Crippen MR) is 78.3 cm³/mol. The van der Waals surface area contributed by atoms with Gasteiger partial charge in [-0.25, -0.2) is 8.78 Å². The molecule has 4 heteroatoms. The van der Waals surface area contributed by atoms with Crippen molar-refractivity contribution in [2.45, 2.75) is 44.7 Å². The van der Waals surface area contributed by atoms with Crippen molar-refractivity contribution in [1.82, 2.24) is 10.2 Å². The van der Waals surface area contributed by atoms with Crippen molar-refractivity contribution in [2.24, 2.45) is 0 Å². The van der Waals surface area contributed by atoms with Crippen LogP contribution in [0.1, 0.15) is 31.7 Å². The Labute approximate surface area is 120 Å². The van der Waals surface area contributed by atoms with Crippen LogP contribution < -0.4 is 5.32 Å². The average Bonchev–Trinajstić information content (AvgIpc) is 2.45. The summed E-state index contributed by atoms with van der Waals surface area (Å²) in [6.45, 7) is 5.98. The Hall–Kier alpha value is -1.00. The number of nitrogens with zero attached hydrogens (tertiary/aromatic N) is 1. The van der Waals surface area contributed by atoms with E-state index in [1.807, 2.05) is 18.2 Å². The summed E-state index contributed by atoms with van der Waals surface area (Å²) in [5.41, 5.74) is 1.31. The molecule has 0 aliphatic carbocycles. The highest BCUT2D eigenvalue weighted by atomic mass is 19.3. The quantitative estimate of drug-likeness (QED) is 0.892. The highest BCUT2D eigenvalue weighted by Gasteiger charge is 2.29. The molecule has 1 N–H and O–H groups in total. The Morgan fingerprint density at radius 1 is 1.20 bits per heavy atom. The minimum Gasteiger partial charge on any atom is -0.307 e. The Kier molecular flexibility index (Phi) is 5.49. The van der Waals surface area contributed by atoms with Crippen LogP contribution in [0.5, 0.6) is 0 Å². The Balaban J connectivity index is 2.04. The molecule has 0 amide bonds. The van der Waals surface area contributed by atoms with Gasteiger partial charge in [0.25, 0.3) is 6.43 Å². The lowest BCUT2D eigenvalue weighted by Crippen LogP contribution is -2.51. The third-order valence-electron chi connectivity index (χ3n) is 4.04. The summed E-state index contributed by atoms with van der Waals surface area (Å²) in [4.78, 5) is 2.38. The maximum absolute atomic E-state index is 12.4. The molecular formula is C16H24F2N2. The number of piperidine rings is 1. The van der Waals surface area contributed by atoms with Crippen LogP contribution in [0.2, 0.25) is 0 Å². The van der Waals surface area contributed by atoms with Gasteiger partial charge in [-0.15, -0.1) is 0 Å². The largest absolute Gasteiger partial charge is 0.307 e. The number of rotatable bonds is 5. The molecule has 0 aromatic heterocycles. The second-order valence-corrected chi connectivity index (χ2v) is 5.89. The molecule has 1 fully saturated rings. The number of hydrogen-bond donors (Lipinski definition) is 1. The lowest BCUT2D eigenvalue weighted by atomic mass is 9.87. The molecule has 1 aromatic rings. The van der Waals surface area contributed by atoms with Crippen LogP contribution >= 0.6 is 0 Å². The van der Waals surface area contributed by atoms with E-state index < -0.39 is 6.43 Å². The van der Waals surface area contributed by atoms with Crippen molar-refractivity contribution in [1.29, 1.82) is 0 Å². The van der Waals surface area contributed by atoms with Crippen LogP contribution in [0, 0.1) is 0 Å². The summed E-state index contributed by atoms with van der Waals surface area (Å²) in [5.74, 6) is 0.419. The number of hydrogen-bond acceptors (Lipinski definition) is 2. The van der Waals surface area contributed by atoms with Crippen LogP contribution in [0.3, 0.4) is 0 Å². The molecule has 2 atom stereocenters. The highest BCUT2D eigenvalue weighted by Crippen LogP contribution is 2.28. The van der Waals surface area contributed by atoms with Crippen molar-refractivity contribution in [3.05, 3.63) is 35.9 Å². The lowest BCUT2D eigenvalue weighted by Gasteiger charge is -2.40. The topological polar surface area (TPSA) is 15.3 Å². The van der Waals surface area contributed by atoms with Gasteiger partial charge in [-0.1, -0.05) is 30.3 Å². The van der Waals surface area contributed by atoms with Gasteiger partial charge in [0.1, 0.15) is 0 Å². The Bertz CT molecular complexity index is 395. The summed E-state index contributed by atoms with van der Waals surface area (Å²) in [6, 6.07) is 11.0. The van der Waals surface area contributed by atoms with Gasteiger partial charge >= 0.3 is 0 Å². The van der Waals surface area contributed by atoms with Gasteiger partial charge in [-0.2, -0.15) is 0 Å². The lowest BCUT2D eigenvalue weighted by molar-refractivity contribution is 0.109. The molecule has 0 saturated carbocycles. The maximum atomic E-state index is 12.4. The fraction of sp³-hybridized carbons (Fsp3) is 0.625. The van der Waals surface area contributed by atoms with E-state index in [1.165, 1.54) is 5.56 Å². The van der Waals surface area contributed by atoms with Gasteiger partial charge in [0.05, 0.1) is 6.54 Å². The summed E-state index contributed by atoms with van der Waals surface area (Å²) in [5, 5.41) is 3.01. The molecular weight excluding hydrogens is 258 g/mol. The van der Waals surface area contributed by atoms with Crippen molar-refractivity contribution in [3.8, 4) is 0 Å². The van der Waals surface area contributed by atoms with Gasteiger partial charge in [-0.05, 0) is 31.7 Å². The van der Waals surface area contributed by atoms with E-state index in [0.29, 0.717) is 12.0 Å². The zero-order valence-electron chi connectivity index (χ0n) is 12.2. The second-order valence-electron chi connectivity index (χ2n) is 5.89. The summed E-state index contributed by atoms with van der Waals surface area (Å²) in [7, 11) is 0. The van der Waals surface area contributed by atoms with Gasteiger partial charge < -0.3 is 5.32 Å². The SMILES string of the molecule is CC(C)N1CC(NCC(F)F)CC(c2ccccc2)C1. The predicted octanol–water partition coefficient (Wildman–Crippen LogP) is 3.11. The molecule has 1 aliphatic rings. The number of nitrogens with one attached hydrogen (secondary N) is 1. The van der Waals surface area contributed by atoms with E-state index in [-0.39, 0.29) is 12.6 Å². The van der Waals surface area contributed by atoms with Crippen LogP contribution in [0.15, 0.2) is 30.3 Å². The van der Waals surface area contributed by atoms with E-state index in [9.17, 15) is 8.78 Å². The molecule has 2 rings (SSSR count). The number of alkyl halides is 2. The first-order valence-corrected chi connectivity index (χ1v) is 7.36. The van der Waals surface area contributed by atoms with Crippen molar-refractivity contribution in [3.63, 3.8) is 0 Å². The monoisotopic (exact) mass is 282 g/mol. The molecule has 112 valence electrons. The van der Waals surface area contributed by atoms with Crippen LogP contribution in [0.25, 0.3) is 0 Å². The summed E-state index contributed by atoms with van der Waals surface area (Å²) >= 11 is 0. The minimum absolute atomic E-state index is 0.144. The fourth-order valence-electron chi connectivity index (χ4n) is 2.93. The van der Waals surface area contributed by atoms with Gasteiger partial charge in [-0.3, -0.25) is 4.90 Å². The molecule has 0 bridgehead atoms. The summed E-state index contributed by atoms with van der Waals surface area (Å²) in [6.07, 6.45) is -1.35. The van der Waals surface area contributed by atoms with Gasteiger partial charge in [0, 0.05) is 25.2 Å². The first-order chi connectivity index (χ1) is 9.56. The molecule has 20 heavy (non-hydrogen) atoms. The van der Waals surface area contributed by atoms with Crippen molar-refractivity contribution in [2.75, 3.05) is 19.6 Å². The van der Waals surface area contributed by atoms with E-state index in [4.69, 9.17) is 0 Å². The molecule has 1 saturated heterocycles. The van der Waals surface area contributed by atoms with Crippen LogP contribution in [0.4, 0.5) is 8.78 Å². The van der Waals surface area contributed by atoms with Crippen molar-refractivity contribution < 1.29 is 8.78 Å². The highest BCUT2D eigenvalue weighted by molar-refractivity contribution is 5.21. The third-order valence-corrected chi connectivity index (χ3v) is 4.04. The second kappa shape index (κ2) is 7.14. The maximum Gasteiger partial charge on any atom is 0.250 e. The zero-order chi connectivity index (χ0) is 14.5. The molecule has 1 heterocycles. The number of benzene rings is 1. The Morgan fingerprint density at radius 2 is 1.90 bits per heavy atom. The first-order valence-electron chi connectivity index (χ1n) is 7.36. The smallest absolute Gasteiger partial charge is 0.250 e. The normalized spacial score (nSPS) is 24.5. The van der Waals surface area contributed by atoms with E-state index in [2.05, 4.69) is 36.2 Å². The number of halogens is 2. The molecule has 2 nitrogen and oxygen atoms in total. The van der Waals surface area contributed by atoms with Gasteiger partial charge in [0.2, 0.25) is 0 Å². The van der Waals surface area contributed by atoms with Gasteiger partial charge in [0.15, 0.2) is 0 Å². The molecule has 1 aliphatic heterocycles. The molecule has 2 unspecified atom stereocenters.